The summed E-state index contributed by atoms with van der Waals surface area (Å²) in [5, 5.41) is 11.5. The molecule has 2 saturated heterocycles. The zero-order valence-electron chi connectivity index (χ0n) is 20.5. The highest BCUT2D eigenvalue weighted by Crippen LogP contribution is 2.40. The molecule has 2 aromatic heterocycles. The van der Waals surface area contributed by atoms with Crippen LogP contribution in [-0.4, -0.2) is 82.5 Å². The fraction of sp³-hybridized carbons (Fsp3) is 0.370. The fourth-order valence-electron chi connectivity index (χ4n) is 5.06. The molecule has 9 nitrogen and oxygen atoms in total. The van der Waals surface area contributed by atoms with Crippen molar-refractivity contribution in [2.24, 2.45) is 0 Å². The van der Waals surface area contributed by atoms with Crippen molar-refractivity contribution in [3.8, 4) is 5.75 Å². The van der Waals surface area contributed by atoms with E-state index in [1.807, 2.05) is 30.3 Å². The number of methoxy groups -OCH3 is 1. The first-order valence-electron chi connectivity index (χ1n) is 12.2. The molecular formula is C27H30N4O5. The number of rotatable bonds is 7. The molecule has 1 aromatic carbocycles. The second-order valence-electron chi connectivity index (χ2n) is 9.05. The number of carbonyl (C=O) groups excluding carboxylic acids is 2. The van der Waals surface area contributed by atoms with Crippen molar-refractivity contribution in [3.05, 3.63) is 71.2 Å². The van der Waals surface area contributed by atoms with Crippen molar-refractivity contribution in [1.82, 2.24) is 19.2 Å². The Balaban J connectivity index is 1.55. The predicted molar refractivity (Wildman–Crippen MR) is 134 cm³/mol. The Labute approximate surface area is 209 Å². The molecule has 36 heavy (non-hydrogen) atoms. The number of nitrogens with zero attached hydrogens (tertiary/aromatic N) is 4. The van der Waals surface area contributed by atoms with E-state index in [4.69, 9.17) is 9.47 Å². The molecular weight excluding hydrogens is 460 g/mol. The van der Waals surface area contributed by atoms with E-state index in [-0.39, 0.29) is 11.3 Å². The lowest BCUT2D eigenvalue weighted by Gasteiger charge is -2.29. The highest BCUT2D eigenvalue weighted by atomic mass is 16.5. The van der Waals surface area contributed by atoms with Gasteiger partial charge in [0.2, 0.25) is 0 Å². The Morgan fingerprint density at radius 1 is 1.11 bits per heavy atom. The molecule has 2 aliphatic heterocycles. The second kappa shape index (κ2) is 10.1. The van der Waals surface area contributed by atoms with E-state index in [0.29, 0.717) is 49.0 Å². The van der Waals surface area contributed by atoms with Crippen LogP contribution in [0.4, 0.5) is 0 Å². The third-order valence-electron chi connectivity index (χ3n) is 6.88. The summed E-state index contributed by atoms with van der Waals surface area (Å²) in [5.74, 6) is -0.850. The first-order chi connectivity index (χ1) is 17.5. The number of benzene rings is 1. The molecule has 3 aromatic rings. The number of hydrogen-bond donors (Lipinski definition) is 1. The van der Waals surface area contributed by atoms with Gasteiger partial charge in [0.1, 0.15) is 17.1 Å². The molecule has 0 radical (unpaired) electrons. The highest BCUT2D eigenvalue weighted by molar-refractivity contribution is 6.46. The van der Waals surface area contributed by atoms with Gasteiger partial charge in [-0.25, -0.2) is 4.98 Å². The van der Waals surface area contributed by atoms with Crippen LogP contribution in [0.3, 0.4) is 0 Å². The number of Topliss-reactive ketones (excluding diaryl/α,β-unsaturated/α-hetero) is 1. The van der Waals surface area contributed by atoms with Gasteiger partial charge in [-0.2, -0.15) is 0 Å². The lowest BCUT2D eigenvalue weighted by Crippen LogP contribution is -2.38. The number of aromatic nitrogens is 2. The molecule has 2 fully saturated rings. The topological polar surface area (TPSA) is 96.6 Å². The van der Waals surface area contributed by atoms with Crippen LogP contribution in [0.25, 0.3) is 11.4 Å². The van der Waals surface area contributed by atoms with Crippen LogP contribution in [0, 0.1) is 6.92 Å². The predicted octanol–water partition coefficient (Wildman–Crippen LogP) is 2.80. The summed E-state index contributed by atoms with van der Waals surface area (Å²) in [4.78, 5) is 35.0. The average Bonchev–Trinajstić information content (AvgIpc) is 3.37. The van der Waals surface area contributed by atoms with Crippen LogP contribution in [0.1, 0.15) is 29.4 Å². The number of ether oxygens (including phenoxy) is 2. The number of amides is 1. The maximum atomic E-state index is 13.4. The smallest absolute Gasteiger partial charge is 0.295 e. The molecule has 1 N–H and O–H groups in total. The van der Waals surface area contributed by atoms with Crippen LogP contribution < -0.4 is 4.74 Å². The molecule has 188 valence electrons. The monoisotopic (exact) mass is 490 g/mol. The Morgan fingerprint density at radius 3 is 2.58 bits per heavy atom. The highest BCUT2D eigenvalue weighted by Gasteiger charge is 2.46. The number of hydrogen-bond acceptors (Lipinski definition) is 7. The molecule has 5 rings (SSSR count). The van der Waals surface area contributed by atoms with Crippen molar-refractivity contribution < 1.29 is 24.2 Å². The Hall–Kier alpha value is -3.69. The number of fused-ring (bicyclic) bond motifs is 1. The van der Waals surface area contributed by atoms with E-state index < -0.39 is 17.7 Å². The van der Waals surface area contributed by atoms with Gasteiger partial charge in [-0.1, -0.05) is 18.2 Å². The van der Waals surface area contributed by atoms with Gasteiger partial charge in [0.05, 0.1) is 37.6 Å². The van der Waals surface area contributed by atoms with Gasteiger partial charge < -0.3 is 19.5 Å². The zero-order chi connectivity index (χ0) is 25.2. The first kappa shape index (κ1) is 24.0. The third kappa shape index (κ3) is 4.36. The quantitative estimate of drug-likeness (QED) is 0.309. The van der Waals surface area contributed by atoms with Gasteiger partial charge in [-0.15, -0.1) is 0 Å². The summed E-state index contributed by atoms with van der Waals surface area (Å²) in [7, 11) is 1.58. The minimum atomic E-state index is -0.714. The maximum absolute atomic E-state index is 13.4. The molecule has 9 heteroatoms. The summed E-state index contributed by atoms with van der Waals surface area (Å²) in [6, 6.07) is 12.1. The number of carbonyl (C=O) groups is 2. The summed E-state index contributed by atoms with van der Waals surface area (Å²) in [6.07, 6.45) is 2.49. The Morgan fingerprint density at radius 2 is 1.86 bits per heavy atom. The molecule has 1 unspecified atom stereocenters. The largest absolute Gasteiger partial charge is 0.505 e. The van der Waals surface area contributed by atoms with E-state index in [9.17, 15) is 14.7 Å². The van der Waals surface area contributed by atoms with Gasteiger partial charge in [0.15, 0.2) is 5.76 Å². The van der Waals surface area contributed by atoms with Crippen molar-refractivity contribution in [1.29, 1.82) is 0 Å². The lowest BCUT2D eigenvalue weighted by molar-refractivity contribution is -0.140. The standard InChI is InChI=1S/C27H30N4O5/c1-18-23(30-12-4-3-6-21(30)28-18)25(32)22-24(19-7-9-20(35-2)10-8-19)31(27(34)26(22)33)13-5-11-29-14-16-36-17-15-29/h3-4,6-10,12,24,32H,5,11,13-17H2,1-2H3. The van der Waals surface area contributed by atoms with E-state index >= 15 is 0 Å². The number of aliphatic hydroxyl groups is 1. The van der Waals surface area contributed by atoms with Crippen LogP contribution in [0.5, 0.6) is 5.75 Å². The summed E-state index contributed by atoms with van der Waals surface area (Å²) < 4.78 is 12.4. The zero-order valence-corrected chi connectivity index (χ0v) is 20.5. The molecule has 4 heterocycles. The number of pyridine rings is 1. The summed E-state index contributed by atoms with van der Waals surface area (Å²) >= 11 is 0. The van der Waals surface area contributed by atoms with Gasteiger partial charge in [-0.05, 0) is 43.2 Å². The first-order valence-corrected chi connectivity index (χ1v) is 12.2. The molecule has 1 atom stereocenters. The van der Waals surface area contributed by atoms with Crippen molar-refractivity contribution in [3.63, 3.8) is 0 Å². The normalized spacial score (nSPS) is 20.4. The third-order valence-corrected chi connectivity index (χ3v) is 6.88. The number of morpholine rings is 1. The molecule has 0 bridgehead atoms. The van der Waals surface area contributed by atoms with Crippen LogP contribution in [0.2, 0.25) is 0 Å². The number of aliphatic hydroxyl groups excluding tert-OH is 1. The lowest BCUT2D eigenvalue weighted by atomic mass is 9.96. The fourth-order valence-corrected chi connectivity index (χ4v) is 5.06. The average molecular weight is 491 g/mol. The van der Waals surface area contributed by atoms with Crippen LogP contribution in [-0.2, 0) is 14.3 Å². The number of aryl methyl sites for hydroxylation is 1. The van der Waals surface area contributed by atoms with Crippen molar-refractivity contribution in [2.45, 2.75) is 19.4 Å². The van der Waals surface area contributed by atoms with Crippen LogP contribution >= 0.6 is 0 Å². The van der Waals surface area contributed by atoms with Gasteiger partial charge in [0, 0.05) is 32.4 Å². The molecule has 1 amide bonds. The second-order valence-corrected chi connectivity index (χ2v) is 9.05. The van der Waals surface area contributed by atoms with Gasteiger partial charge in [-0.3, -0.25) is 18.9 Å². The molecule has 0 spiro atoms. The molecule has 0 saturated carbocycles. The van der Waals surface area contributed by atoms with Crippen LogP contribution in [0.15, 0.2) is 54.2 Å². The number of imidazole rings is 1. The number of likely N-dealkylation sites (tertiary alicyclic amines) is 1. The van der Waals surface area contributed by atoms with E-state index in [2.05, 4.69) is 9.88 Å². The Bertz CT molecular complexity index is 1310. The maximum Gasteiger partial charge on any atom is 0.295 e. The number of ketones is 1. The molecule has 2 aliphatic rings. The summed E-state index contributed by atoms with van der Waals surface area (Å²) in [5.41, 5.74) is 2.44. The van der Waals surface area contributed by atoms with Gasteiger partial charge in [0.25, 0.3) is 11.7 Å². The minimum Gasteiger partial charge on any atom is -0.505 e. The minimum absolute atomic E-state index is 0.0743. The summed E-state index contributed by atoms with van der Waals surface area (Å²) in [6.45, 7) is 6.09. The SMILES string of the molecule is COc1ccc(C2C(=C(O)c3c(C)nc4ccccn34)C(=O)C(=O)N2CCCN2CCOCC2)cc1. The molecule has 0 aliphatic carbocycles. The van der Waals surface area contributed by atoms with Gasteiger partial charge >= 0.3 is 0 Å². The Kier molecular flexibility index (Phi) is 6.75. The van der Waals surface area contributed by atoms with E-state index in [0.717, 1.165) is 25.2 Å². The van der Waals surface area contributed by atoms with Crippen molar-refractivity contribution in [2.75, 3.05) is 46.5 Å². The van der Waals surface area contributed by atoms with E-state index in [1.165, 1.54) is 0 Å². The van der Waals surface area contributed by atoms with E-state index in [1.54, 1.807) is 41.7 Å². The van der Waals surface area contributed by atoms with Crippen molar-refractivity contribution >= 4 is 23.1 Å².